The van der Waals surface area contributed by atoms with Crippen LogP contribution in [0.25, 0.3) is 0 Å². The molecule has 0 heterocycles. The van der Waals surface area contributed by atoms with Crippen molar-refractivity contribution >= 4 is 5.97 Å². The zero-order valence-electron chi connectivity index (χ0n) is 11.5. The van der Waals surface area contributed by atoms with Crippen LogP contribution < -0.4 is 14.8 Å². The van der Waals surface area contributed by atoms with Gasteiger partial charge in [0, 0.05) is 6.54 Å². The molecular weight excluding hydrogens is 272 g/mol. The normalized spacial score (nSPS) is 12.1. The molecule has 1 N–H and O–H groups in total. The molecule has 0 fully saturated rings. The topological polar surface area (TPSA) is 56.8 Å². The number of nitrogens with one attached hydrogen (secondary N) is 1. The van der Waals surface area contributed by atoms with Crippen molar-refractivity contribution in [3.63, 3.8) is 0 Å². The van der Waals surface area contributed by atoms with Gasteiger partial charge in [0.15, 0.2) is 11.5 Å². The van der Waals surface area contributed by atoms with Gasteiger partial charge in [0.05, 0.1) is 14.2 Å². The molecule has 1 aromatic carbocycles. The zero-order chi connectivity index (χ0) is 15.1. The van der Waals surface area contributed by atoms with E-state index in [1.807, 2.05) is 0 Å². The Hall–Kier alpha value is -1.89. The van der Waals surface area contributed by atoms with Crippen LogP contribution in [0.1, 0.15) is 12.5 Å². The van der Waals surface area contributed by atoms with Crippen molar-refractivity contribution in [3.05, 3.63) is 23.8 Å². The summed E-state index contributed by atoms with van der Waals surface area (Å²) in [6, 6.07) is 4.15. The van der Waals surface area contributed by atoms with Crippen LogP contribution in [-0.2, 0) is 16.1 Å². The zero-order valence-corrected chi connectivity index (χ0v) is 11.5. The Labute approximate surface area is 115 Å². The lowest BCUT2D eigenvalue weighted by molar-refractivity contribution is -0.142. The fraction of sp³-hybridized carbons (Fsp3) is 0.462. The molecule has 0 aliphatic carbocycles. The molecule has 1 rings (SSSR count). The first-order chi connectivity index (χ1) is 9.47. The maximum atomic E-state index is 12.3. The monoisotopic (exact) mass is 289 g/mol. The summed E-state index contributed by atoms with van der Waals surface area (Å²) in [5, 5.41) is 2.91. The highest BCUT2D eigenvalue weighted by Gasteiger charge is 2.14. The van der Waals surface area contributed by atoms with Gasteiger partial charge in [-0.2, -0.15) is 8.78 Å². The minimum atomic E-state index is -2.93. The lowest BCUT2D eigenvalue weighted by Crippen LogP contribution is -2.34. The van der Waals surface area contributed by atoms with Gasteiger partial charge in [0.2, 0.25) is 0 Å². The van der Waals surface area contributed by atoms with Crippen molar-refractivity contribution < 1.29 is 27.8 Å². The predicted molar refractivity (Wildman–Crippen MR) is 67.9 cm³/mol. The van der Waals surface area contributed by atoms with Gasteiger partial charge in [-0.3, -0.25) is 4.79 Å². The Bertz CT molecular complexity index is 454. The highest BCUT2D eigenvalue weighted by Crippen LogP contribution is 2.29. The van der Waals surface area contributed by atoms with Crippen molar-refractivity contribution in [1.29, 1.82) is 0 Å². The summed E-state index contributed by atoms with van der Waals surface area (Å²) >= 11 is 0. The molecule has 0 aliphatic rings. The quantitative estimate of drug-likeness (QED) is 0.777. The number of esters is 1. The number of hydrogen-bond acceptors (Lipinski definition) is 5. The number of halogens is 2. The largest absolute Gasteiger partial charge is 0.493 e. The summed E-state index contributed by atoms with van der Waals surface area (Å²) in [6.45, 7) is -0.979. The van der Waals surface area contributed by atoms with Crippen LogP contribution >= 0.6 is 0 Å². The summed E-state index contributed by atoms with van der Waals surface area (Å²) in [5.74, 6) is -0.231. The third kappa shape index (κ3) is 4.65. The smallest absolute Gasteiger partial charge is 0.387 e. The van der Waals surface area contributed by atoms with Gasteiger partial charge >= 0.3 is 12.6 Å². The minimum Gasteiger partial charge on any atom is -0.493 e. The van der Waals surface area contributed by atoms with Crippen LogP contribution in [0.3, 0.4) is 0 Å². The highest BCUT2D eigenvalue weighted by molar-refractivity contribution is 5.75. The molecule has 0 radical (unpaired) electrons. The van der Waals surface area contributed by atoms with Gasteiger partial charge in [-0.05, 0) is 24.6 Å². The number of hydrogen-bond donors (Lipinski definition) is 1. The van der Waals surface area contributed by atoms with Crippen molar-refractivity contribution in [2.45, 2.75) is 26.1 Å². The molecule has 0 saturated carbocycles. The molecule has 0 amide bonds. The van der Waals surface area contributed by atoms with E-state index in [0.29, 0.717) is 12.1 Å². The molecule has 1 atom stereocenters. The first-order valence-electron chi connectivity index (χ1n) is 5.90. The molecule has 0 unspecified atom stereocenters. The van der Waals surface area contributed by atoms with Gasteiger partial charge in [-0.1, -0.05) is 6.07 Å². The fourth-order valence-electron chi connectivity index (χ4n) is 1.55. The van der Waals surface area contributed by atoms with Crippen LogP contribution in [-0.4, -0.2) is 32.8 Å². The van der Waals surface area contributed by atoms with E-state index in [4.69, 9.17) is 4.74 Å². The van der Waals surface area contributed by atoms with E-state index in [-0.39, 0.29) is 11.5 Å². The first-order valence-corrected chi connectivity index (χ1v) is 5.90. The van der Waals surface area contributed by atoms with Crippen molar-refractivity contribution in [3.8, 4) is 11.5 Å². The molecule has 20 heavy (non-hydrogen) atoms. The summed E-state index contributed by atoms with van der Waals surface area (Å²) in [6.07, 6.45) is 0. The van der Waals surface area contributed by atoms with E-state index in [0.717, 1.165) is 0 Å². The predicted octanol–water partition coefficient (Wildman–Crippen LogP) is 1.95. The van der Waals surface area contributed by atoms with Crippen LogP contribution in [0, 0.1) is 0 Å². The Morgan fingerprint density at radius 3 is 2.55 bits per heavy atom. The number of ether oxygens (including phenoxy) is 3. The maximum Gasteiger partial charge on any atom is 0.387 e. The average molecular weight is 289 g/mol. The number of carbonyl (C=O) groups is 1. The van der Waals surface area contributed by atoms with Gasteiger partial charge in [0.1, 0.15) is 6.04 Å². The van der Waals surface area contributed by atoms with E-state index < -0.39 is 18.6 Å². The van der Waals surface area contributed by atoms with E-state index >= 15 is 0 Å². The SMILES string of the molecule is COC(=O)[C@H](C)NCc1ccc(OC)c(OC(F)F)c1. The van der Waals surface area contributed by atoms with Gasteiger partial charge in [-0.25, -0.2) is 0 Å². The molecule has 0 saturated heterocycles. The van der Waals surface area contributed by atoms with Crippen LogP contribution in [0.15, 0.2) is 18.2 Å². The summed E-state index contributed by atoms with van der Waals surface area (Å²) in [5.41, 5.74) is 0.678. The second-order valence-corrected chi connectivity index (χ2v) is 3.99. The van der Waals surface area contributed by atoms with Gasteiger partial charge < -0.3 is 19.5 Å². The molecular formula is C13H17F2NO4. The summed E-state index contributed by atoms with van der Waals surface area (Å²) in [7, 11) is 2.66. The number of alkyl halides is 2. The third-order valence-electron chi connectivity index (χ3n) is 2.61. The molecule has 7 heteroatoms. The summed E-state index contributed by atoms with van der Waals surface area (Å²) < 4.78 is 38.4. The molecule has 112 valence electrons. The Morgan fingerprint density at radius 2 is 2.00 bits per heavy atom. The van der Waals surface area contributed by atoms with Crippen molar-refractivity contribution in [2.75, 3.05) is 14.2 Å². The average Bonchev–Trinajstić information content (AvgIpc) is 2.43. The summed E-state index contributed by atoms with van der Waals surface area (Å²) in [4.78, 5) is 11.2. The lowest BCUT2D eigenvalue weighted by atomic mass is 10.2. The number of benzene rings is 1. The maximum absolute atomic E-state index is 12.3. The number of rotatable bonds is 7. The highest BCUT2D eigenvalue weighted by atomic mass is 19.3. The Balaban J connectivity index is 2.74. The molecule has 0 aromatic heterocycles. The lowest BCUT2D eigenvalue weighted by Gasteiger charge is -2.14. The number of methoxy groups -OCH3 is 2. The van der Waals surface area contributed by atoms with Crippen molar-refractivity contribution in [2.24, 2.45) is 0 Å². The van der Waals surface area contributed by atoms with Gasteiger partial charge in [0.25, 0.3) is 0 Å². The molecule has 0 spiro atoms. The fourth-order valence-corrected chi connectivity index (χ4v) is 1.55. The van der Waals surface area contributed by atoms with E-state index in [2.05, 4.69) is 14.8 Å². The molecule has 0 bridgehead atoms. The standard InChI is InChI=1S/C13H17F2NO4/c1-8(12(17)19-3)16-7-9-4-5-10(18-2)11(6-9)20-13(14)15/h4-6,8,13,16H,7H2,1-3H3/t8-/m0/s1. The first kappa shape index (κ1) is 16.2. The van der Waals surface area contributed by atoms with Crippen molar-refractivity contribution in [1.82, 2.24) is 5.32 Å². The third-order valence-corrected chi connectivity index (χ3v) is 2.61. The van der Waals surface area contributed by atoms with Crippen LogP contribution in [0.5, 0.6) is 11.5 Å². The molecule has 0 aliphatic heterocycles. The molecule has 1 aromatic rings. The van der Waals surface area contributed by atoms with Crippen LogP contribution in [0.4, 0.5) is 8.78 Å². The minimum absolute atomic E-state index is 0.0486. The van der Waals surface area contributed by atoms with Crippen LogP contribution in [0.2, 0.25) is 0 Å². The van der Waals surface area contributed by atoms with E-state index in [9.17, 15) is 13.6 Å². The van der Waals surface area contributed by atoms with E-state index in [1.165, 1.54) is 26.4 Å². The van der Waals surface area contributed by atoms with E-state index in [1.54, 1.807) is 13.0 Å². The molecule has 5 nitrogen and oxygen atoms in total. The Morgan fingerprint density at radius 1 is 1.30 bits per heavy atom. The second kappa shape index (κ2) is 7.64. The van der Waals surface area contributed by atoms with Gasteiger partial charge in [-0.15, -0.1) is 0 Å². The second-order valence-electron chi connectivity index (χ2n) is 3.99. The number of carbonyl (C=O) groups excluding carboxylic acids is 1. The Kier molecular flexibility index (Phi) is 6.17.